The molecule has 0 saturated heterocycles. The predicted molar refractivity (Wildman–Crippen MR) is 114 cm³/mol. The van der Waals surface area contributed by atoms with Crippen LogP contribution in [0.4, 0.5) is 0 Å². The van der Waals surface area contributed by atoms with Crippen LogP contribution in [0.25, 0.3) is 16.6 Å². The van der Waals surface area contributed by atoms with Crippen LogP contribution in [0.5, 0.6) is 0 Å². The summed E-state index contributed by atoms with van der Waals surface area (Å²) in [5.74, 6) is -0.0567. The molecule has 148 valence electrons. The summed E-state index contributed by atoms with van der Waals surface area (Å²) in [6.07, 6.45) is 1.80. The number of hydrogen-bond acceptors (Lipinski definition) is 3. The van der Waals surface area contributed by atoms with E-state index >= 15 is 0 Å². The van der Waals surface area contributed by atoms with Crippen molar-refractivity contribution in [3.05, 3.63) is 82.3 Å². The molecule has 0 aliphatic heterocycles. The molecule has 0 unspecified atom stereocenters. The third-order valence-electron chi connectivity index (χ3n) is 5.22. The van der Waals surface area contributed by atoms with Crippen LogP contribution in [0.15, 0.2) is 65.5 Å². The van der Waals surface area contributed by atoms with Crippen molar-refractivity contribution >= 4 is 22.5 Å². The Hall–Kier alpha value is -3.41. The number of carbonyl (C=O) groups is 1. The summed E-state index contributed by atoms with van der Waals surface area (Å²) in [5, 5.41) is 3.90. The summed E-state index contributed by atoms with van der Waals surface area (Å²) in [5.41, 5.74) is 3.20. The smallest absolute Gasteiger partial charge is 0.273 e. The van der Waals surface area contributed by atoms with E-state index in [2.05, 4.69) is 22.4 Å². The lowest BCUT2D eigenvalue weighted by Gasteiger charge is -2.18. The van der Waals surface area contributed by atoms with Gasteiger partial charge in [-0.3, -0.25) is 14.3 Å². The molecule has 0 bridgehead atoms. The van der Waals surface area contributed by atoms with E-state index < -0.39 is 6.04 Å². The molecular formula is C23H24N4O2. The first-order valence-corrected chi connectivity index (χ1v) is 9.87. The van der Waals surface area contributed by atoms with Crippen LogP contribution < -0.4 is 10.9 Å². The molecule has 2 aromatic carbocycles. The lowest BCUT2D eigenvalue weighted by atomic mass is 10.1. The Morgan fingerprint density at radius 2 is 1.83 bits per heavy atom. The normalized spacial score (nSPS) is 12.3. The maximum atomic E-state index is 12.9. The minimum Gasteiger partial charge on any atom is -0.354 e. The molecule has 1 amide bonds. The first-order valence-electron chi connectivity index (χ1n) is 9.87. The topological polar surface area (TPSA) is 68.4 Å². The summed E-state index contributed by atoms with van der Waals surface area (Å²) in [6.45, 7) is 4.34. The molecule has 0 fully saturated rings. The number of nitrogens with zero attached hydrogens (tertiary/aromatic N) is 3. The van der Waals surface area contributed by atoms with Crippen molar-refractivity contribution in [3.63, 3.8) is 0 Å². The summed E-state index contributed by atoms with van der Waals surface area (Å²) in [4.78, 5) is 29.0. The number of carbonyl (C=O) groups excluding carboxylic acids is 1. The maximum absolute atomic E-state index is 12.9. The van der Waals surface area contributed by atoms with Gasteiger partial charge in [-0.25, -0.2) is 4.52 Å². The third-order valence-corrected chi connectivity index (χ3v) is 5.22. The van der Waals surface area contributed by atoms with E-state index in [0.717, 1.165) is 29.4 Å². The van der Waals surface area contributed by atoms with E-state index in [-0.39, 0.29) is 11.5 Å². The lowest BCUT2D eigenvalue weighted by Crippen LogP contribution is -2.33. The molecule has 0 aliphatic carbocycles. The van der Waals surface area contributed by atoms with Crippen LogP contribution in [-0.4, -0.2) is 26.6 Å². The average molecular weight is 388 g/mol. The van der Waals surface area contributed by atoms with Crippen molar-refractivity contribution in [3.8, 4) is 0 Å². The van der Waals surface area contributed by atoms with Gasteiger partial charge < -0.3 is 5.32 Å². The molecule has 0 aliphatic rings. The lowest BCUT2D eigenvalue weighted by molar-refractivity contribution is -0.124. The number of fused-ring (bicyclic) bond motifs is 3. The van der Waals surface area contributed by atoms with Gasteiger partial charge in [-0.05, 0) is 44.4 Å². The highest BCUT2D eigenvalue weighted by Gasteiger charge is 2.22. The SMILES string of the molecule is Cc1cc(=O)nc2c3ccccc3n([C@@H](C)C(=O)NCCCc3ccccc3)n12. The Balaban J connectivity index is 1.58. The van der Waals surface area contributed by atoms with E-state index in [1.165, 1.54) is 11.6 Å². The molecule has 2 heterocycles. The van der Waals surface area contributed by atoms with E-state index in [9.17, 15) is 9.59 Å². The first-order chi connectivity index (χ1) is 14.1. The molecule has 4 aromatic rings. The highest BCUT2D eigenvalue weighted by atomic mass is 16.2. The molecule has 0 saturated carbocycles. The monoisotopic (exact) mass is 388 g/mol. The summed E-state index contributed by atoms with van der Waals surface area (Å²) in [7, 11) is 0. The number of hydrogen-bond donors (Lipinski definition) is 1. The van der Waals surface area contributed by atoms with Crippen LogP contribution in [0.3, 0.4) is 0 Å². The van der Waals surface area contributed by atoms with Crippen molar-refractivity contribution in [2.75, 3.05) is 6.54 Å². The quantitative estimate of drug-likeness (QED) is 0.516. The van der Waals surface area contributed by atoms with Gasteiger partial charge in [0.1, 0.15) is 6.04 Å². The van der Waals surface area contributed by atoms with Gasteiger partial charge in [0.25, 0.3) is 5.56 Å². The molecule has 0 spiro atoms. The summed E-state index contributed by atoms with van der Waals surface area (Å²) < 4.78 is 3.78. The second-order valence-electron chi connectivity index (χ2n) is 7.29. The zero-order valence-electron chi connectivity index (χ0n) is 16.6. The Morgan fingerprint density at radius 1 is 1.10 bits per heavy atom. The van der Waals surface area contributed by atoms with E-state index in [1.54, 1.807) is 0 Å². The fraction of sp³-hybridized carbons (Fsp3) is 0.261. The molecule has 1 atom stereocenters. The minimum atomic E-state index is -0.447. The molecule has 4 rings (SSSR count). The number of amides is 1. The van der Waals surface area contributed by atoms with Gasteiger partial charge in [0.05, 0.1) is 5.52 Å². The Labute approximate surface area is 168 Å². The largest absolute Gasteiger partial charge is 0.354 e. The van der Waals surface area contributed by atoms with Gasteiger partial charge in [-0.15, -0.1) is 0 Å². The van der Waals surface area contributed by atoms with Crippen LogP contribution in [0, 0.1) is 6.92 Å². The third kappa shape index (κ3) is 3.66. The Morgan fingerprint density at radius 3 is 2.62 bits per heavy atom. The number of para-hydroxylation sites is 1. The molecule has 1 N–H and O–H groups in total. The van der Waals surface area contributed by atoms with Gasteiger partial charge in [0.2, 0.25) is 5.91 Å². The van der Waals surface area contributed by atoms with Crippen molar-refractivity contribution < 1.29 is 4.79 Å². The van der Waals surface area contributed by atoms with Crippen molar-refractivity contribution in [2.24, 2.45) is 0 Å². The second kappa shape index (κ2) is 7.91. The number of aryl methyl sites for hydroxylation is 2. The van der Waals surface area contributed by atoms with Crippen molar-refractivity contribution in [2.45, 2.75) is 32.7 Å². The van der Waals surface area contributed by atoms with E-state index in [0.29, 0.717) is 12.2 Å². The van der Waals surface area contributed by atoms with Gasteiger partial charge in [0, 0.05) is 23.7 Å². The molecule has 2 aromatic heterocycles. The second-order valence-corrected chi connectivity index (χ2v) is 7.29. The number of benzene rings is 2. The highest BCUT2D eigenvalue weighted by molar-refractivity contribution is 5.94. The molecule has 6 nitrogen and oxygen atoms in total. The van der Waals surface area contributed by atoms with Crippen LogP contribution in [0.2, 0.25) is 0 Å². The van der Waals surface area contributed by atoms with Gasteiger partial charge in [-0.1, -0.05) is 42.5 Å². The number of nitrogens with one attached hydrogen (secondary N) is 1. The standard InChI is InChI=1S/C23H24N4O2/c1-16-15-21(28)25-22-19-12-6-7-13-20(19)27(26(16)22)17(2)23(29)24-14-8-11-18-9-4-3-5-10-18/h3-7,9-10,12-13,15,17H,8,11,14H2,1-2H3,(H,24,29)/t17-/m0/s1. The number of rotatable bonds is 6. The molecule has 6 heteroatoms. The van der Waals surface area contributed by atoms with E-state index in [4.69, 9.17) is 0 Å². The zero-order chi connectivity index (χ0) is 20.4. The zero-order valence-corrected chi connectivity index (χ0v) is 16.6. The van der Waals surface area contributed by atoms with Crippen LogP contribution in [-0.2, 0) is 11.2 Å². The van der Waals surface area contributed by atoms with Gasteiger partial charge >= 0.3 is 0 Å². The molecule has 29 heavy (non-hydrogen) atoms. The maximum Gasteiger partial charge on any atom is 0.273 e. The van der Waals surface area contributed by atoms with Crippen LogP contribution in [0.1, 0.15) is 30.6 Å². The average Bonchev–Trinajstić information content (AvgIpc) is 3.06. The Bertz CT molecular complexity index is 1220. The fourth-order valence-corrected chi connectivity index (χ4v) is 3.80. The van der Waals surface area contributed by atoms with Crippen LogP contribution >= 0.6 is 0 Å². The Kier molecular flexibility index (Phi) is 5.16. The highest BCUT2D eigenvalue weighted by Crippen LogP contribution is 2.24. The van der Waals surface area contributed by atoms with Crippen molar-refractivity contribution in [1.82, 2.24) is 19.5 Å². The summed E-state index contributed by atoms with van der Waals surface area (Å²) in [6, 6.07) is 19.0. The first kappa shape index (κ1) is 18.9. The summed E-state index contributed by atoms with van der Waals surface area (Å²) >= 11 is 0. The van der Waals surface area contributed by atoms with Crippen molar-refractivity contribution in [1.29, 1.82) is 0 Å². The van der Waals surface area contributed by atoms with E-state index in [1.807, 2.05) is 65.5 Å². The molecular weight excluding hydrogens is 364 g/mol. The number of aromatic nitrogens is 3. The predicted octanol–water partition coefficient (Wildman–Crippen LogP) is 3.27. The van der Waals surface area contributed by atoms with Gasteiger partial charge in [0.15, 0.2) is 5.65 Å². The fourth-order valence-electron chi connectivity index (χ4n) is 3.80. The minimum absolute atomic E-state index is 0.0567. The van der Waals surface area contributed by atoms with Gasteiger partial charge in [-0.2, -0.15) is 4.98 Å². The molecule has 0 radical (unpaired) electrons.